The van der Waals surface area contributed by atoms with E-state index in [9.17, 15) is 5.11 Å². The predicted octanol–water partition coefficient (Wildman–Crippen LogP) is 2.16. The lowest BCUT2D eigenvalue weighted by Crippen LogP contribution is -2.44. The maximum Gasteiger partial charge on any atom is 0.0897 e. The van der Waals surface area contributed by atoms with E-state index in [0.717, 1.165) is 6.54 Å². The first-order valence-corrected chi connectivity index (χ1v) is 9.00. The Balaban J connectivity index is 1.50. The Morgan fingerprint density at radius 3 is 2.43 bits per heavy atom. The summed E-state index contributed by atoms with van der Waals surface area (Å²) in [7, 11) is 0. The zero-order valence-corrected chi connectivity index (χ0v) is 13.7. The summed E-state index contributed by atoms with van der Waals surface area (Å²) in [6.45, 7) is 6.83. The van der Waals surface area contributed by atoms with E-state index in [1.165, 1.54) is 64.5 Å². The van der Waals surface area contributed by atoms with Gasteiger partial charge in [0.15, 0.2) is 0 Å². The van der Waals surface area contributed by atoms with Crippen LogP contribution in [0.1, 0.15) is 58.3 Å². The van der Waals surface area contributed by atoms with Crippen molar-refractivity contribution in [2.75, 3.05) is 32.8 Å². The molecule has 4 heteroatoms. The molecule has 0 radical (unpaired) electrons. The first-order chi connectivity index (χ1) is 10.3. The van der Waals surface area contributed by atoms with E-state index in [1.807, 2.05) is 0 Å². The minimum Gasteiger partial charge on any atom is -0.389 e. The molecule has 4 nitrogen and oxygen atoms in total. The smallest absolute Gasteiger partial charge is 0.0897 e. The molecule has 21 heavy (non-hydrogen) atoms. The zero-order valence-electron chi connectivity index (χ0n) is 13.7. The van der Waals surface area contributed by atoms with Gasteiger partial charge >= 0.3 is 0 Å². The number of aliphatic hydroxyl groups is 1. The molecule has 1 aliphatic carbocycles. The maximum atomic E-state index is 10.0. The minimum absolute atomic E-state index is 0.375. The van der Waals surface area contributed by atoms with Crippen molar-refractivity contribution in [3.63, 3.8) is 0 Å². The van der Waals surface area contributed by atoms with Crippen LogP contribution in [0.3, 0.4) is 0 Å². The molecule has 0 aromatic rings. The number of aliphatic hydroxyl groups excluding tert-OH is 1. The molecule has 0 spiro atoms. The van der Waals surface area contributed by atoms with Crippen LogP contribution >= 0.6 is 0 Å². The van der Waals surface area contributed by atoms with Crippen LogP contribution in [-0.4, -0.2) is 61.0 Å². The molecule has 0 amide bonds. The largest absolute Gasteiger partial charge is 0.389 e. The summed E-state index contributed by atoms with van der Waals surface area (Å²) in [4.78, 5) is 2.56. The topological polar surface area (TPSA) is 44.7 Å². The Labute approximate surface area is 130 Å². The molecule has 1 saturated heterocycles. The summed E-state index contributed by atoms with van der Waals surface area (Å²) < 4.78 is 5.82. The van der Waals surface area contributed by atoms with Gasteiger partial charge in [-0.2, -0.15) is 0 Å². The quantitative estimate of drug-likeness (QED) is 0.721. The van der Waals surface area contributed by atoms with E-state index in [0.29, 0.717) is 25.3 Å². The Bertz CT molecular complexity index is 264. The summed E-state index contributed by atoms with van der Waals surface area (Å²) in [5.74, 6) is 0. The molecule has 0 aromatic heterocycles. The molecular formula is C17H34N2O2. The molecule has 2 fully saturated rings. The summed E-state index contributed by atoms with van der Waals surface area (Å²) in [5.41, 5.74) is 0. The average Bonchev–Trinajstić information content (AvgIpc) is 2.54. The van der Waals surface area contributed by atoms with E-state index < -0.39 is 0 Å². The Morgan fingerprint density at radius 1 is 1.05 bits per heavy atom. The van der Waals surface area contributed by atoms with Crippen LogP contribution in [-0.2, 0) is 4.74 Å². The van der Waals surface area contributed by atoms with Crippen molar-refractivity contribution >= 4 is 0 Å². The lowest BCUT2D eigenvalue weighted by atomic mass is 9.98. The highest BCUT2D eigenvalue weighted by molar-refractivity contribution is 4.74. The van der Waals surface area contributed by atoms with Gasteiger partial charge < -0.3 is 15.2 Å². The summed E-state index contributed by atoms with van der Waals surface area (Å²) in [6, 6.07) is 0.566. The highest BCUT2D eigenvalue weighted by Crippen LogP contribution is 2.20. The molecule has 2 atom stereocenters. The average molecular weight is 298 g/mol. The molecule has 1 aliphatic heterocycles. The van der Waals surface area contributed by atoms with Crippen molar-refractivity contribution in [3.05, 3.63) is 0 Å². The van der Waals surface area contributed by atoms with Gasteiger partial charge in [-0.25, -0.2) is 0 Å². The van der Waals surface area contributed by atoms with Crippen LogP contribution in [0.5, 0.6) is 0 Å². The number of piperidine rings is 1. The molecule has 1 heterocycles. The van der Waals surface area contributed by atoms with E-state index in [-0.39, 0.29) is 6.10 Å². The van der Waals surface area contributed by atoms with E-state index in [1.54, 1.807) is 0 Å². The van der Waals surface area contributed by atoms with Crippen molar-refractivity contribution in [3.8, 4) is 0 Å². The van der Waals surface area contributed by atoms with Crippen molar-refractivity contribution in [1.29, 1.82) is 0 Å². The lowest BCUT2D eigenvalue weighted by molar-refractivity contribution is -0.0232. The maximum absolute atomic E-state index is 10.0. The Morgan fingerprint density at radius 2 is 1.71 bits per heavy atom. The zero-order chi connectivity index (χ0) is 14.9. The summed E-state index contributed by atoms with van der Waals surface area (Å²) in [6.07, 6.45) is 10.3. The Hall–Kier alpha value is -0.160. The fourth-order valence-corrected chi connectivity index (χ4v) is 3.48. The van der Waals surface area contributed by atoms with Crippen molar-refractivity contribution in [2.45, 2.75) is 76.5 Å². The fourth-order valence-electron chi connectivity index (χ4n) is 3.48. The number of ether oxygens (including phenoxy) is 1. The fraction of sp³-hybridized carbons (Fsp3) is 1.00. The van der Waals surface area contributed by atoms with Crippen molar-refractivity contribution in [2.24, 2.45) is 0 Å². The monoisotopic (exact) mass is 298 g/mol. The highest BCUT2D eigenvalue weighted by atomic mass is 16.5. The highest BCUT2D eigenvalue weighted by Gasteiger charge is 2.17. The third kappa shape index (κ3) is 6.64. The number of likely N-dealkylation sites (tertiary alicyclic amines) is 1. The predicted molar refractivity (Wildman–Crippen MR) is 86.6 cm³/mol. The molecule has 2 rings (SSSR count). The van der Waals surface area contributed by atoms with Gasteiger partial charge in [0.2, 0.25) is 0 Å². The Kier molecular flexibility index (Phi) is 8.01. The van der Waals surface area contributed by atoms with Gasteiger partial charge in [0.1, 0.15) is 0 Å². The first kappa shape index (κ1) is 17.2. The molecule has 0 bridgehead atoms. The van der Waals surface area contributed by atoms with E-state index >= 15 is 0 Å². The van der Waals surface area contributed by atoms with Crippen LogP contribution < -0.4 is 5.32 Å². The number of rotatable bonds is 8. The van der Waals surface area contributed by atoms with Gasteiger partial charge in [0, 0.05) is 19.1 Å². The van der Waals surface area contributed by atoms with E-state index in [4.69, 9.17) is 4.74 Å². The molecular weight excluding hydrogens is 264 g/mol. The second-order valence-electron chi connectivity index (χ2n) is 6.85. The van der Waals surface area contributed by atoms with Gasteiger partial charge in [0.25, 0.3) is 0 Å². The van der Waals surface area contributed by atoms with Crippen molar-refractivity contribution < 1.29 is 9.84 Å². The van der Waals surface area contributed by atoms with Gasteiger partial charge in [-0.1, -0.05) is 25.7 Å². The number of nitrogens with one attached hydrogen (secondary N) is 1. The van der Waals surface area contributed by atoms with Gasteiger partial charge in [0.05, 0.1) is 18.8 Å². The number of hydrogen-bond acceptors (Lipinski definition) is 4. The van der Waals surface area contributed by atoms with Crippen LogP contribution in [0.25, 0.3) is 0 Å². The van der Waals surface area contributed by atoms with Gasteiger partial charge in [-0.05, 0) is 45.7 Å². The van der Waals surface area contributed by atoms with Gasteiger partial charge in [-0.3, -0.25) is 4.90 Å². The second-order valence-corrected chi connectivity index (χ2v) is 6.85. The molecule has 2 N–H and O–H groups in total. The third-order valence-electron chi connectivity index (χ3n) is 4.91. The number of hydrogen-bond donors (Lipinski definition) is 2. The normalized spacial score (nSPS) is 24.9. The molecule has 0 aromatic carbocycles. The first-order valence-electron chi connectivity index (χ1n) is 9.00. The molecule has 124 valence electrons. The SMILES string of the molecule is CC(CNCC(O)COC1CCCCC1)N1CCCCC1. The van der Waals surface area contributed by atoms with Crippen molar-refractivity contribution in [1.82, 2.24) is 10.2 Å². The third-order valence-corrected chi connectivity index (χ3v) is 4.91. The van der Waals surface area contributed by atoms with Crippen LogP contribution in [0.4, 0.5) is 0 Å². The van der Waals surface area contributed by atoms with E-state index in [2.05, 4.69) is 17.1 Å². The molecule has 1 saturated carbocycles. The standard InChI is InChI=1S/C17H34N2O2/c1-15(19-10-6-3-7-11-19)12-18-13-16(20)14-21-17-8-4-2-5-9-17/h15-18,20H,2-14H2,1H3. The molecule has 2 aliphatic rings. The number of nitrogens with zero attached hydrogens (tertiary/aromatic N) is 1. The lowest BCUT2D eigenvalue weighted by Gasteiger charge is -2.32. The van der Waals surface area contributed by atoms with Crippen LogP contribution in [0.2, 0.25) is 0 Å². The van der Waals surface area contributed by atoms with Crippen LogP contribution in [0.15, 0.2) is 0 Å². The summed E-state index contributed by atoms with van der Waals surface area (Å²) in [5, 5.41) is 13.4. The van der Waals surface area contributed by atoms with Crippen LogP contribution in [0, 0.1) is 0 Å². The van der Waals surface area contributed by atoms with Gasteiger partial charge in [-0.15, -0.1) is 0 Å². The summed E-state index contributed by atoms with van der Waals surface area (Å²) >= 11 is 0. The second kappa shape index (κ2) is 9.78. The molecule has 2 unspecified atom stereocenters. The minimum atomic E-state index is -0.375.